The number of aliphatic hydroxyl groups excluding tert-OH is 1. The van der Waals surface area contributed by atoms with Crippen molar-refractivity contribution in [3.05, 3.63) is 99.8 Å². The first-order valence-corrected chi connectivity index (χ1v) is 28.9. The highest BCUT2D eigenvalue weighted by atomic mass is 35.5. The van der Waals surface area contributed by atoms with Crippen LogP contribution in [0.5, 0.6) is 5.75 Å². The van der Waals surface area contributed by atoms with Gasteiger partial charge in [0.15, 0.2) is 15.7 Å². The highest BCUT2D eigenvalue weighted by Gasteiger charge is 2.44. The van der Waals surface area contributed by atoms with Crippen LogP contribution < -0.4 is 26.0 Å². The summed E-state index contributed by atoms with van der Waals surface area (Å²) in [7, 11) is -3.61. The molecule has 0 radical (unpaired) electrons. The van der Waals surface area contributed by atoms with E-state index in [4.69, 9.17) is 21.1 Å². The van der Waals surface area contributed by atoms with Crippen LogP contribution in [0.15, 0.2) is 77.3 Å². The Balaban J connectivity index is 0.871. The summed E-state index contributed by atoms with van der Waals surface area (Å²) < 4.78 is 38.3. The van der Waals surface area contributed by atoms with Crippen molar-refractivity contribution in [1.82, 2.24) is 35.4 Å². The molecule has 0 aliphatic carbocycles. The van der Waals surface area contributed by atoms with E-state index in [-0.39, 0.29) is 91.1 Å². The maximum Gasteiger partial charge on any atom is 0.246 e. The van der Waals surface area contributed by atoms with Crippen molar-refractivity contribution in [2.45, 2.75) is 141 Å². The number of thiazole rings is 1. The standard InChI is InChI=1S/C56H72ClN9O9S2/c1-33(2)75-46-28-41(35(5)26-44(46)62-55-59-30-42(57)52(64-55)61-43-12-10-11-13-47(43)77(72,73)34(3)4)38-18-22-65(23-19-38)49(69)21-25-74-24-20-48(68)63-51(56(7,8)9)54(71)66-31-40(67)27-45(66)53(70)58-29-37-14-16-39(17-15-37)50-36(6)60-32-76-50/h10-17,26,28,30,32-34,38,40,45,51,67H,18-25,27,29,31H2,1-9H3,(H,58,70)(H,63,68)(H2,59,61,62,64)/t40-,45+,51-/m1/s1. The first-order valence-electron chi connectivity index (χ1n) is 26.1. The van der Waals surface area contributed by atoms with Crippen molar-refractivity contribution in [2.24, 2.45) is 5.41 Å². The number of likely N-dealkylation sites (tertiary alicyclic amines) is 2. The molecule has 7 rings (SSSR count). The zero-order valence-electron chi connectivity index (χ0n) is 45.3. The molecule has 2 aliphatic rings. The Hall–Kier alpha value is -6.19. The van der Waals surface area contributed by atoms with Crippen LogP contribution in [-0.4, -0.2) is 124 Å². The van der Waals surface area contributed by atoms with E-state index in [1.807, 2.05) is 89.8 Å². The van der Waals surface area contributed by atoms with E-state index in [9.17, 15) is 32.7 Å². The molecule has 5 N–H and O–H groups in total. The van der Waals surface area contributed by atoms with E-state index in [2.05, 4.69) is 36.2 Å². The second-order valence-corrected chi connectivity index (χ2v) is 25.0. The summed E-state index contributed by atoms with van der Waals surface area (Å²) in [6.07, 6.45) is 2.05. The molecule has 3 atom stereocenters. The van der Waals surface area contributed by atoms with Gasteiger partial charge >= 0.3 is 0 Å². The topological polar surface area (TPSA) is 234 Å². The molecular formula is C56H72ClN9O9S2. The van der Waals surface area contributed by atoms with Crippen molar-refractivity contribution < 1.29 is 42.2 Å². The fraction of sp³-hybridized carbons (Fsp3) is 0.482. The lowest BCUT2D eigenvalue weighted by Crippen LogP contribution is -2.57. The molecule has 77 heavy (non-hydrogen) atoms. The van der Waals surface area contributed by atoms with Crippen LogP contribution in [0.25, 0.3) is 10.4 Å². The molecule has 21 heteroatoms. The minimum absolute atomic E-state index is 0.0334. The van der Waals surface area contributed by atoms with Gasteiger partial charge in [0.1, 0.15) is 22.9 Å². The van der Waals surface area contributed by atoms with Gasteiger partial charge in [0.05, 0.1) is 75.6 Å². The quantitative estimate of drug-likeness (QED) is 0.0433. The molecule has 0 unspecified atom stereocenters. The molecule has 18 nitrogen and oxygen atoms in total. The molecule has 414 valence electrons. The van der Waals surface area contributed by atoms with Crippen LogP contribution in [0.2, 0.25) is 5.02 Å². The van der Waals surface area contributed by atoms with Gasteiger partial charge in [-0.05, 0) is 112 Å². The average Bonchev–Trinajstić information content (AvgIpc) is 4.01. The fourth-order valence-corrected chi connectivity index (χ4v) is 11.6. The number of para-hydroxylation sites is 1. The Morgan fingerprint density at radius 2 is 1.62 bits per heavy atom. The number of nitrogens with one attached hydrogen (secondary N) is 4. The number of carbonyl (C=O) groups is 4. The Labute approximate surface area is 461 Å². The third-order valence-corrected chi connectivity index (χ3v) is 17.2. The Kier molecular flexibility index (Phi) is 19.4. The van der Waals surface area contributed by atoms with Crippen molar-refractivity contribution in [3.63, 3.8) is 0 Å². The van der Waals surface area contributed by atoms with Crippen molar-refractivity contribution >= 4 is 79.5 Å². The molecule has 2 aromatic heterocycles. The van der Waals surface area contributed by atoms with Crippen LogP contribution in [-0.2, 0) is 40.3 Å². The van der Waals surface area contributed by atoms with Crippen LogP contribution in [0.4, 0.5) is 23.1 Å². The van der Waals surface area contributed by atoms with Crippen LogP contribution in [0.3, 0.4) is 0 Å². The average molecular weight is 1110 g/mol. The van der Waals surface area contributed by atoms with Gasteiger partial charge in [-0.3, -0.25) is 19.2 Å². The van der Waals surface area contributed by atoms with Crippen molar-refractivity contribution in [3.8, 4) is 16.2 Å². The fourth-order valence-electron chi connectivity index (χ4n) is 9.47. The Morgan fingerprint density at radius 1 is 0.922 bits per heavy atom. The number of nitrogens with zero attached hydrogens (tertiary/aromatic N) is 5. The molecule has 0 spiro atoms. The van der Waals surface area contributed by atoms with Gasteiger partial charge in [0, 0.05) is 39.0 Å². The minimum Gasteiger partial charge on any atom is -0.489 e. The summed E-state index contributed by atoms with van der Waals surface area (Å²) in [4.78, 5) is 72.0. The summed E-state index contributed by atoms with van der Waals surface area (Å²) in [5.41, 5.74) is 7.07. The number of piperidine rings is 1. The van der Waals surface area contributed by atoms with E-state index in [0.717, 1.165) is 45.7 Å². The number of aryl methyl sites for hydroxylation is 2. The number of amides is 4. The molecule has 2 fully saturated rings. The van der Waals surface area contributed by atoms with Gasteiger partial charge in [0.25, 0.3) is 0 Å². The Bertz CT molecular complexity index is 3010. The Morgan fingerprint density at radius 3 is 2.29 bits per heavy atom. The summed E-state index contributed by atoms with van der Waals surface area (Å²) in [6.45, 7) is 18.1. The van der Waals surface area contributed by atoms with Crippen molar-refractivity contribution in [1.29, 1.82) is 0 Å². The lowest BCUT2D eigenvalue weighted by Gasteiger charge is -2.35. The number of anilines is 4. The number of ether oxygens (including phenoxy) is 2. The van der Waals surface area contributed by atoms with E-state index in [0.29, 0.717) is 30.2 Å². The first-order chi connectivity index (χ1) is 36.5. The lowest BCUT2D eigenvalue weighted by molar-refractivity contribution is -0.144. The molecule has 5 aromatic rings. The summed E-state index contributed by atoms with van der Waals surface area (Å²) in [6, 6.07) is 16.6. The highest BCUT2D eigenvalue weighted by molar-refractivity contribution is 7.92. The summed E-state index contributed by atoms with van der Waals surface area (Å²) in [5, 5.41) is 22.4. The van der Waals surface area contributed by atoms with E-state index in [1.54, 1.807) is 55.0 Å². The maximum absolute atomic E-state index is 14.1. The number of benzene rings is 3. The number of halogens is 1. The monoisotopic (exact) mass is 1110 g/mol. The largest absolute Gasteiger partial charge is 0.489 e. The predicted octanol–water partition coefficient (Wildman–Crippen LogP) is 8.64. The van der Waals surface area contributed by atoms with Gasteiger partial charge in [-0.15, -0.1) is 11.3 Å². The molecule has 3 aromatic carbocycles. The van der Waals surface area contributed by atoms with Crippen LogP contribution in [0.1, 0.15) is 109 Å². The number of carbonyl (C=O) groups excluding carboxylic acids is 4. The number of aromatic nitrogens is 3. The van der Waals surface area contributed by atoms with E-state index >= 15 is 0 Å². The van der Waals surface area contributed by atoms with Crippen LogP contribution in [0, 0.1) is 19.3 Å². The smallest absolute Gasteiger partial charge is 0.246 e. The lowest BCUT2D eigenvalue weighted by atomic mass is 9.85. The second kappa shape index (κ2) is 25.5. The molecule has 0 bridgehead atoms. The summed E-state index contributed by atoms with van der Waals surface area (Å²) in [5.74, 6) is -0.0803. The minimum atomic E-state index is -3.61. The van der Waals surface area contributed by atoms with Crippen molar-refractivity contribution in [2.75, 3.05) is 43.5 Å². The molecule has 2 saturated heterocycles. The number of aliphatic hydroxyl groups is 1. The number of rotatable bonds is 21. The molecule has 4 heterocycles. The SMILES string of the molecule is Cc1cc(Nc2ncc(Cl)c(Nc3ccccc3S(=O)(=O)C(C)C)n2)c(OC(C)C)cc1C1CCN(C(=O)CCOCCC(=O)N[C@H](C(=O)N2C[C@H](O)C[C@H]2C(=O)NCc2ccc(-c3scnc3C)cc2)C(C)(C)C)CC1. The van der Waals surface area contributed by atoms with Gasteiger partial charge in [-0.1, -0.05) is 68.8 Å². The molecule has 4 amide bonds. The third kappa shape index (κ3) is 14.9. The number of β-amino-alcohol motifs (C(OH)–C–C–N with tert-alkyl or cyclic N) is 1. The number of hydrogen-bond acceptors (Lipinski definition) is 15. The molecule has 0 saturated carbocycles. The van der Waals surface area contributed by atoms with Gasteiger partial charge in [0.2, 0.25) is 29.6 Å². The molecule has 2 aliphatic heterocycles. The normalized spacial score (nSPS) is 16.6. The first kappa shape index (κ1) is 58.5. The molecular weight excluding hydrogens is 1040 g/mol. The maximum atomic E-state index is 14.1. The summed E-state index contributed by atoms with van der Waals surface area (Å²) >= 11 is 8.09. The van der Waals surface area contributed by atoms with Gasteiger partial charge in [-0.2, -0.15) is 4.98 Å². The second-order valence-electron chi connectivity index (χ2n) is 21.3. The van der Waals surface area contributed by atoms with Gasteiger partial charge < -0.3 is 45.6 Å². The number of sulfone groups is 1. The zero-order chi connectivity index (χ0) is 55.8. The van der Waals surface area contributed by atoms with E-state index in [1.165, 1.54) is 11.1 Å². The predicted molar refractivity (Wildman–Crippen MR) is 300 cm³/mol. The van der Waals surface area contributed by atoms with Crippen LogP contribution >= 0.6 is 22.9 Å². The third-order valence-electron chi connectivity index (χ3n) is 13.7. The van der Waals surface area contributed by atoms with Gasteiger partial charge in [-0.25, -0.2) is 18.4 Å². The zero-order valence-corrected chi connectivity index (χ0v) is 47.7. The van der Waals surface area contributed by atoms with E-state index < -0.39 is 50.5 Å². The highest BCUT2D eigenvalue weighted by Crippen LogP contribution is 2.39. The number of hydrogen-bond donors (Lipinski definition) is 5.